The lowest BCUT2D eigenvalue weighted by Gasteiger charge is -2.23. The predicted molar refractivity (Wildman–Crippen MR) is 94.4 cm³/mol. The Balaban J connectivity index is 2.48. The minimum Gasteiger partial charge on any atom is -0.480 e. The monoisotopic (exact) mass is 358 g/mol. The Morgan fingerprint density at radius 2 is 2.08 bits per heavy atom. The number of rotatable bonds is 8. The predicted octanol–water partition coefficient (Wildman–Crippen LogP) is 0.777. The molecule has 0 aromatic carbocycles. The number of amides is 3. The number of aliphatic imine (C=N–C) groups is 1. The highest BCUT2D eigenvalue weighted by atomic mass is 32.2. The molecule has 1 aliphatic heterocycles. The largest absolute Gasteiger partial charge is 0.480 e. The van der Waals surface area contributed by atoms with Crippen molar-refractivity contribution in [3.8, 4) is 0 Å². The molecule has 136 valence electrons. The number of hydrogen-bond acceptors (Lipinski definition) is 5. The van der Waals surface area contributed by atoms with Gasteiger partial charge in [-0.15, -0.1) is 11.8 Å². The zero-order chi connectivity index (χ0) is 18.3. The quantitative estimate of drug-likeness (QED) is 0.594. The zero-order valence-electron chi connectivity index (χ0n) is 14.5. The van der Waals surface area contributed by atoms with Crippen molar-refractivity contribution in [2.24, 2.45) is 10.9 Å². The fraction of sp³-hybridized carbons (Fsp3) is 0.733. The molecule has 0 saturated carbocycles. The summed E-state index contributed by atoms with van der Waals surface area (Å²) in [6, 6.07) is -1.46. The molecule has 3 amide bonds. The highest BCUT2D eigenvalue weighted by molar-refractivity contribution is 8.14. The second-order valence-corrected chi connectivity index (χ2v) is 7.12. The average molecular weight is 358 g/mol. The van der Waals surface area contributed by atoms with Gasteiger partial charge in [0, 0.05) is 38.7 Å². The van der Waals surface area contributed by atoms with E-state index in [0.717, 1.165) is 10.8 Å². The van der Waals surface area contributed by atoms with Crippen molar-refractivity contribution in [1.29, 1.82) is 0 Å². The number of likely N-dealkylation sites (N-methyl/N-ethyl adjacent to an activating group) is 1. The number of carboxylic acid groups (broad SMARTS) is 1. The van der Waals surface area contributed by atoms with Crippen LogP contribution in [0.3, 0.4) is 0 Å². The fourth-order valence-corrected chi connectivity index (χ4v) is 3.25. The van der Waals surface area contributed by atoms with Gasteiger partial charge in [0.25, 0.3) is 0 Å². The topological polar surface area (TPSA) is 111 Å². The molecule has 0 saturated heterocycles. The summed E-state index contributed by atoms with van der Waals surface area (Å²) in [6.45, 7) is 6.15. The molecular weight excluding hydrogens is 332 g/mol. The van der Waals surface area contributed by atoms with Crippen LogP contribution in [0, 0.1) is 5.92 Å². The number of nitrogens with zero attached hydrogens (tertiary/aromatic N) is 2. The number of hydrogen-bond donors (Lipinski definition) is 3. The van der Waals surface area contributed by atoms with Gasteiger partial charge >= 0.3 is 12.0 Å². The molecule has 9 heteroatoms. The van der Waals surface area contributed by atoms with Crippen molar-refractivity contribution >= 4 is 34.7 Å². The van der Waals surface area contributed by atoms with Gasteiger partial charge in [-0.25, -0.2) is 9.59 Å². The first-order chi connectivity index (χ1) is 11.2. The Morgan fingerprint density at radius 3 is 2.58 bits per heavy atom. The molecule has 2 unspecified atom stereocenters. The maximum atomic E-state index is 12.2. The number of carbonyl (C=O) groups is 3. The van der Waals surface area contributed by atoms with Crippen LogP contribution in [-0.4, -0.2) is 70.9 Å². The molecule has 0 bridgehead atoms. The second kappa shape index (κ2) is 9.51. The highest BCUT2D eigenvalue weighted by Crippen LogP contribution is 2.23. The lowest BCUT2D eigenvalue weighted by Crippen LogP contribution is -2.49. The first-order valence-corrected chi connectivity index (χ1v) is 8.88. The van der Waals surface area contributed by atoms with E-state index in [-0.39, 0.29) is 24.9 Å². The van der Waals surface area contributed by atoms with E-state index < -0.39 is 18.0 Å². The number of carbonyl (C=O) groups excluding carboxylic acids is 2. The molecule has 1 heterocycles. The highest BCUT2D eigenvalue weighted by Gasteiger charge is 2.25. The van der Waals surface area contributed by atoms with Gasteiger partial charge in [0.15, 0.2) is 0 Å². The van der Waals surface area contributed by atoms with Crippen molar-refractivity contribution in [3.05, 3.63) is 0 Å². The van der Waals surface area contributed by atoms with E-state index in [1.165, 1.54) is 11.8 Å². The molecule has 8 nitrogen and oxygen atoms in total. The number of urea groups is 1. The van der Waals surface area contributed by atoms with Crippen LogP contribution in [0.2, 0.25) is 0 Å². The van der Waals surface area contributed by atoms with Crippen molar-refractivity contribution in [1.82, 2.24) is 15.5 Å². The van der Waals surface area contributed by atoms with Crippen molar-refractivity contribution in [3.63, 3.8) is 0 Å². The van der Waals surface area contributed by atoms with Crippen LogP contribution in [-0.2, 0) is 9.59 Å². The minimum absolute atomic E-state index is 0.0332. The Hall–Kier alpha value is -1.77. The molecule has 1 rings (SSSR count). The standard InChI is InChI=1S/C15H26N4O4S/c1-9(2)13-17-11(8-24-13)7-19(4)15(23)18-12(14(21)22)5-6-16-10(3)20/h9,11-12H,5-8H2,1-4H3,(H,16,20)(H,18,23)(H,21,22). The molecular formula is C15H26N4O4S. The van der Waals surface area contributed by atoms with Gasteiger partial charge in [-0.2, -0.15) is 0 Å². The molecule has 0 aromatic heterocycles. The van der Waals surface area contributed by atoms with Gasteiger partial charge in [-0.05, 0) is 6.42 Å². The Labute approximate surface area is 146 Å². The number of thioether (sulfide) groups is 1. The van der Waals surface area contributed by atoms with E-state index >= 15 is 0 Å². The van der Waals surface area contributed by atoms with E-state index in [0.29, 0.717) is 12.5 Å². The van der Waals surface area contributed by atoms with Crippen LogP contribution >= 0.6 is 11.8 Å². The van der Waals surface area contributed by atoms with Gasteiger partial charge in [-0.1, -0.05) is 13.8 Å². The van der Waals surface area contributed by atoms with Crippen LogP contribution < -0.4 is 10.6 Å². The number of aliphatic carboxylic acids is 1. The number of nitrogens with one attached hydrogen (secondary N) is 2. The SMILES string of the molecule is CC(=O)NCCC(NC(=O)N(C)CC1CSC(C(C)C)=N1)C(=O)O. The number of carboxylic acids is 1. The van der Waals surface area contributed by atoms with Gasteiger partial charge in [-0.3, -0.25) is 9.79 Å². The normalized spacial score (nSPS) is 18.0. The van der Waals surface area contributed by atoms with E-state index in [2.05, 4.69) is 29.5 Å². The zero-order valence-corrected chi connectivity index (χ0v) is 15.4. The van der Waals surface area contributed by atoms with Crippen molar-refractivity contribution in [2.45, 2.75) is 39.3 Å². The third-order valence-electron chi connectivity index (χ3n) is 3.46. The molecule has 3 N–H and O–H groups in total. The van der Waals surface area contributed by atoms with E-state index in [1.807, 2.05) is 0 Å². The van der Waals surface area contributed by atoms with Gasteiger partial charge in [0.05, 0.1) is 11.1 Å². The molecule has 0 fully saturated rings. The maximum absolute atomic E-state index is 12.2. The Morgan fingerprint density at radius 1 is 1.42 bits per heavy atom. The van der Waals surface area contributed by atoms with Crippen LogP contribution in [0.25, 0.3) is 0 Å². The lowest BCUT2D eigenvalue weighted by molar-refractivity contribution is -0.139. The summed E-state index contributed by atoms with van der Waals surface area (Å²) in [6.07, 6.45) is 0.128. The maximum Gasteiger partial charge on any atom is 0.326 e. The Bertz CT molecular complexity index is 510. The van der Waals surface area contributed by atoms with Gasteiger partial charge in [0.1, 0.15) is 6.04 Å². The van der Waals surface area contributed by atoms with Crippen LogP contribution in [0.4, 0.5) is 4.79 Å². The first-order valence-electron chi connectivity index (χ1n) is 7.90. The summed E-state index contributed by atoms with van der Waals surface area (Å²) in [4.78, 5) is 40.3. The Kier molecular flexibility index (Phi) is 8.03. The summed E-state index contributed by atoms with van der Waals surface area (Å²) in [5.41, 5.74) is 0. The van der Waals surface area contributed by atoms with Crippen LogP contribution in [0.15, 0.2) is 4.99 Å². The smallest absolute Gasteiger partial charge is 0.326 e. The summed E-state index contributed by atoms with van der Waals surface area (Å²) < 4.78 is 0. The molecule has 0 spiro atoms. The molecule has 0 aromatic rings. The van der Waals surface area contributed by atoms with Crippen LogP contribution in [0.1, 0.15) is 27.2 Å². The van der Waals surface area contributed by atoms with Crippen molar-refractivity contribution in [2.75, 3.05) is 25.9 Å². The second-order valence-electron chi connectivity index (χ2n) is 6.08. The van der Waals surface area contributed by atoms with Gasteiger partial charge < -0.3 is 20.6 Å². The molecule has 24 heavy (non-hydrogen) atoms. The molecule has 0 aliphatic carbocycles. The molecule has 1 aliphatic rings. The van der Waals surface area contributed by atoms with E-state index in [4.69, 9.17) is 0 Å². The summed E-state index contributed by atoms with van der Waals surface area (Å²) in [5, 5.41) is 15.3. The first kappa shape index (κ1) is 20.3. The summed E-state index contributed by atoms with van der Waals surface area (Å²) >= 11 is 1.70. The summed E-state index contributed by atoms with van der Waals surface area (Å²) in [5.74, 6) is -0.154. The van der Waals surface area contributed by atoms with E-state index in [9.17, 15) is 19.5 Å². The lowest BCUT2D eigenvalue weighted by atomic mass is 10.2. The van der Waals surface area contributed by atoms with Gasteiger partial charge in [0.2, 0.25) is 5.91 Å². The average Bonchev–Trinajstić information content (AvgIpc) is 2.94. The third kappa shape index (κ3) is 6.77. The van der Waals surface area contributed by atoms with Crippen molar-refractivity contribution < 1.29 is 19.5 Å². The van der Waals surface area contributed by atoms with E-state index in [1.54, 1.807) is 18.8 Å². The fourth-order valence-electron chi connectivity index (χ4n) is 2.15. The minimum atomic E-state index is -1.13. The van der Waals surface area contributed by atoms with Crippen LogP contribution in [0.5, 0.6) is 0 Å². The molecule has 0 radical (unpaired) electrons. The summed E-state index contributed by atoms with van der Waals surface area (Å²) in [7, 11) is 1.62. The molecule has 2 atom stereocenters. The third-order valence-corrected chi connectivity index (χ3v) is 4.89.